The largest absolute Gasteiger partial charge is 0.527 e. The van der Waals surface area contributed by atoms with Gasteiger partial charge in [-0.05, 0) is 47.4 Å². The molecule has 1 saturated heterocycles. The number of alkyl halides is 5. The number of halogens is 9. The molecule has 0 spiro atoms. The van der Waals surface area contributed by atoms with E-state index in [4.69, 9.17) is 9.47 Å². The summed E-state index contributed by atoms with van der Waals surface area (Å²) in [6.07, 6.45) is -9.96. The molecule has 39 heavy (non-hydrogen) atoms. The summed E-state index contributed by atoms with van der Waals surface area (Å²) in [6.45, 7) is 3.13. The molecule has 0 unspecified atom stereocenters. The number of benzene rings is 3. The molecule has 1 fully saturated rings. The standard InChI is InChI=1S/C27H21F9O3/c1-2-3-14-12-37-25(38-13-14)16-6-4-15(5-7-16)17-8-19(28)23(20(29)9-17)18-10-21(30)24(22(31)11-18)26(32,33)39-27(34,35)36/h4-11,14,25H,2-3,12-13H2,1H3. The van der Waals surface area contributed by atoms with E-state index >= 15 is 0 Å². The van der Waals surface area contributed by atoms with Crippen molar-refractivity contribution in [1.29, 1.82) is 0 Å². The van der Waals surface area contributed by atoms with E-state index in [2.05, 4.69) is 11.7 Å². The van der Waals surface area contributed by atoms with Crippen LogP contribution in [-0.4, -0.2) is 19.6 Å². The van der Waals surface area contributed by atoms with Crippen LogP contribution in [0.15, 0.2) is 48.5 Å². The normalized spacial score (nSPS) is 18.4. The number of hydrogen-bond acceptors (Lipinski definition) is 3. The van der Waals surface area contributed by atoms with Gasteiger partial charge in [-0.1, -0.05) is 37.6 Å². The lowest BCUT2D eigenvalue weighted by Gasteiger charge is -2.29. The molecule has 1 aliphatic heterocycles. The van der Waals surface area contributed by atoms with Gasteiger partial charge in [0.05, 0.1) is 18.8 Å². The summed E-state index contributed by atoms with van der Waals surface area (Å²) in [6, 6.07) is 8.33. The SMILES string of the molecule is CCCC1COC(c2ccc(-c3cc(F)c(-c4cc(F)c(C(F)(F)OC(F)(F)F)c(F)c4)c(F)c3)cc2)OC1. The van der Waals surface area contributed by atoms with Crippen molar-refractivity contribution in [1.82, 2.24) is 0 Å². The van der Waals surface area contributed by atoms with Gasteiger partial charge in [0.2, 0.25) is 0 Å². The van der Waals surface area contributed by atoms with E-state index in [0.29, 0.717) is 30.3 Å². The van der Waals surface area contributed by atoms with Gasteiger partial charge in [-0.25, -0.2) is 22.3 Å². The third-order valence-electron chi connectivity index (χ3n) is 6.09. The predicted molar refractivity (Wildman–Crippen MR) is 121 cm³/mol. The van der Waals surface area contributed by atoms with Gasteiger partial charge < -0.3 is 9.47 Å². The lowest BCUT2D eigenvalue weighted by molar-refractivity contribution is -0.432. The van der Waals surface area contributed by atoms with Gasteiger partial charge in [-0.15, -0.1) is 13.2 Å². The van der Waals surface area contributed by atoms with Gasteiger partial charge in [-0.2, -0.15) is 8.78 Å². The summed E-state index contributed by atoms with van der Waals surface area (Å²) < 4.78 is 137. The third-order valence-corrected chi connectivity index (χ3v) is 6.09. The summed E-state index contributed by atoms with van der Waals surface area (Å²) in [5.41, 5.74) is -3.06. The number of rotatable bonds is 7. The molecule has 0 amide bonds. The second-order valence-corrected chi connectivity index (χ2v) is 8.97. The van der Waals surface area contributed by atoms with E-state index in [1.54, 1.807) is 24.3 Å². The zero-order valence-electron chi connectivity index (χ0n) is 20.2. The van der Waals surface area contributed by atoms with E-state index in [1.165, 1.54) is 0 Å². The zero-order valence-corrected chi connectivity index (χ0v) is 20.2. The molecule has 3 aromatic rings. The molecule has 0 radical (unpaired) electrons. The van der Waals surface area contributed by atoms with Crippen molar-refractivity contribution in [2.24, 2.45) is 5.92 Å². The Labute approximate surface area is 217 Å². The quantitative estimate of drug-likeness (QED) is 0.269. The van der Waals surface area contributed by atoms with Gasteiger partial charge in [0.15, 0.2) is 6.29 Å². The van der Waals surface area contributed by atoms with Crippen LogP contribution in [0.25, 0.3) is 22.3 Å². The van der Waals surface area contributed by atoms with Crippen molar-refractivity contribution in [3.8, 4) is 22.3 Å². The maximum atomic E-state index is 14.9. The molecule has 4 rings (SSSR count). The Morgan fingerprint density at radius 3 is 1.74 bits per heavy atom. The second kappa shape index (κ2) is 11.2. The first-order chi connectivity index (χ1) is 18.3. The van der Waals surface area contributed by atoms with E-state index in [0.717, 1.165) is 25.0 Å². The fourth-order valence-corrected chi connectivity index (χ4v) is 4.35. The Hall–Kier alpha value is -3.09. The first-order valence-electron chi connectivity index (χ1n) is 11.8. The average molecular weight is 564 g/mol. The lowest BCUT2D eigenvalue weighted by atomic mass is 9.97. The summed E-state index contributed by atoms with van der Waals surface area (Å²) in [4.78, 5) is 0. The highest BCUT2D eigenvalue weighted by Gasteiger charge is 2.49. The highest BCUT2D eigenvalue weighted by Crippen LogP contribution is 2.41. The van der Waals surface area contributed by atoms with Gasteiger partial charge >= 0.3 is 12.5 Å². The van der Waals surface area contributed by atoms with Crippen molar-refractivity contribution in [2.45, 2.75) is 38.5 Å². The van der Waals surface area contributed by atoms with Crippen molar-refractivity contribution in [3.05, 3.63) is 82.9 Å². The monoisotopic (exact) mass is 564 g/mol. The Morgan fingerprint density at radius 1 is 0.744 bits per heavy atom. The maximum Gasteiger partial charge on any atom is 0.527 e. The lowest BCUT2D eigenvalue weighted by Crippen LogP contribution is -2.29. The van der Waals surface area contributed by atoms with Crippen LogP contribution in [0.4, 0.5) is 39.5 Å². The second-order valence-electron chi connectivity index (χ2n) is 8.97. The van der Waals surface area contributed by atoms with Crippen molar-refractivity contribution in [3.63, 3.8) is 0 Å². The van der Waals surface area contributed by atoms with Gasteiger partial charge in [-0.3, -0.25) is 0 Å². The van der Waals surface area contributed by atoms with E-state index in [1.807, 2.05) is 0 Å². The molecule has 0 N–H and O–H groups in total. The minimum absolute atomic E-state index is 0.0523. The van der Waals surface area contributed by atoms with Crippen LogP contribution in [0.1, 0.15) is 37.2 Å². The van der Waals surface area contributed by atoms with E-state index in [9.17, 15) is 39.5 Å². The molecule has 0 bridgehead atoms. The number of hydrogen-bond donors (Lipinski definition) is 0. The zero-order chi connectivity index (χ0) is 28.5. The van der Waals surface area contributed by atoms with Crippen molar-refractivity contribution < 1.29 is 53.7 Å². The molecule has 0 saturated carbocycles. The summed E-state index contributed by atoms with van der Waals surface area (Å²) in [7, 11) is 0. The molecular formula is C27H21F9O3. The first-order valence-corrected chi connectivity index (χ1v) is 11.8. The van der Waals surface area contributed by atoms with Crippen LogP contribution < -0.4 is 0 Å². The molecular weight excluding hydrogens is 543 g/mol. The van der Waals surface area contributed by atoms with E-state index in [-0.39, 0.29) is 17.7 Å². The molecule has 12 heteroatoms. The molecule has 0 aliphatic carbocycles. The fraction of sp³-hybridized carbons (Fsp3) is 0.333. The van der Waals surface area contributed by atoms with Crippen LogP contribution in [0.2, 0.25) is 0 Å². The third kappa shape index (κ3) is 6.56. The average Bonchev–Trinajstić information content (AvgIpc) is 2.82. The van der Waals surface area contributed by atoms with Gasteiger partial charge in [0, 0.05) is 11.5 Å². The van der Waals surface area contributed by atoms with Crippen molar-refractivity contribution >= 4 is 0 Å². The Balaban J connectivity index is 1.58. The molecule has 0 aromatic heterocycles. The highest BCUT2D eigenvalue weighted by molar-refractivity contribution is 5.72. The Bertz CT molecular complexity index is 1270. The first kappa shape index (κ1) is 28.9. The van der Waals surface area contributed by atoms with Crippen LogP contribution in [0, 0.1) is 29.2 Å². The topological polar surface area (TPSA) is 27.7 Å². The van der Waals surface area contributed by atoms with Crippen LogP contribution in [0.3, 0.4) is 0 Å². The summed E-state index contributed by atoms with van der Waals surface area (Å²) in [5.74, 6) is -6.66. The minimum Gasteiger partial charge on any atom is -0.348 e. The highest BCUT2D eigenvalue weighted by atomic mass is 19.4. The van der Waals surface area contributed by atoms with Crippen LogP contribution >= 0.6 is 0 Å². The van der Waals surface area contributed by atoms with Gasteiger partial charge in [0.25, 0.3) is 0 Å². The van der Waals surface area contributed by atoms with Crippen LogP contribution in [-0.2, 0) is 20.3 Å². The smallest absolute Gasteiger partial charge is 0.348 e. The predicted octanol–water partition coefficient (Wildman–Crippen LogP) is 8.62. The molecule has 1 aliphatic rings. The number of ether oxygens (including phenoxy) is 3. The van der Waals surface area contributed by atoms with Crippen LogP contribution in [0.5, 0.6) is 0 Å². The molecule has 1 heterocycles. The fourth-order valence-electron chi connectivity index (χ4n) is 4.35. The summed E-state index contributed by atoms with van der Waals surface area (Å²) in [5, 5.41) is 0. The summed E-state index contributed by atoms with van der Waals surface area (Å²) >= 11 is 0. The molecule has 210 valence electrons. The minimum atomic E-state index is -5.92. The van der Waals surface area contributed by atoms with Gasteiger partial charge in [0.1, 0.15) is 28.8 Å². The molecule has 3 nitrogen and oxygen atoms in total. The van der Waals surface area contributed by atoms with E-state index < -0.39 is 58.7 Å². The molecule has 3 aromatic carbocycles. The Kier molecular flexibility index (Phi) is 8.29. The van der Waals surface area contributed by atoms with Crippen molar-refractivity contribution in [2.75, 3.05) is 13.2 Å². The molecule has 0 atom stereocenters. The Morgan fingerprint density at radius 2 is 1.26 bits per heavy atom. The maximum absolute atomic E-state index is 14.9.